The van der Waals surface area contributed by atoms with Crippen LogP contribution >= 0.6 is 0 Å². The lowest BCUT2D eigenvalue weighted by molar-refractivity contribution is -0.201. The van der Waals surface area contributed by atoms with Crippen LogP contribution in [0.2, 0.25) is 0 Å². The first-order valence-corrected chi connectivity index (χ1v) is 5.09. The molecule has 0 bridgehead atoms. The van der Waals surface area contributed by atoms with Gasteiger partial charge in [0.15, 0.2) is 6.10 Å². The molecule has 100 valence electrons. The number of aliphatic hydroxyl groups excluding tert-OH is 1. The van der Waals surface area contributed by atoms with E-state index in [0.29, 0.717) is 5.56 Å². The van der Waals surface area contributed by atoms with Gasteiger partial charge in [-0.3, -0.25) is 0 Å². The highest BCUT2D eigenvalue weighted by Gasteiger charge is 2.38. The van der Waals surface area contributed by atoms with Gasteiger partial charge in [-0.05, 0) is 5.56 Å². The van der Waals surface area contributed by atoms with Gasteiger partial charge in [0.1, 0.15) is 6.61 Å². The molecule has 0 aromatic heterocycles. The van der Waals surface area contributed by atoms with E-state index < -0.39 is 24.9 Å². The van der Waals surface area contributed by atoms with Crippen LogP contribution in [0.3, 0.4) is 0 Å². The number of carbonyl (C=O) groups excluding carboxylic acids is 1. The lowest BCUT2D eigenvalue weighted by atomic mass is 10.2. The summed E-state index contributed by atoms with van der Waals surface area (Å²) in [6.45, 7) is -0.980. The maximum atomic E-state index is 11.9. The van der Waals surface area contributed by atoms with Crippen LogP contribution in [0.1, 0.15) is 5.56 Å². The fourth-order valence-corrected chi connectivity index (χ4v) is 1.07. The fraction of sp³-hybridized carbons (Fsp3) is 0.364. The highest BCUT2D eigenvalue weighted by Crippen LogP contribution is 2.19. The molecule has 2 N–H and O–H groups in total. The Morgan fingerprint density at radius 1 is 1.33 bits per heavy atom. The van der Waals surface area contributed by atoms with Gasteiger partial charge in [-0.15, -0.1) is 0 Å². The van der Waals surface area contributed by atoms with E-state index in [1.807, 2.05) is 5.32 Å². The molecule has 1 amide bonds. The van der Waals surface area contributed by atoms with Crippen molar-refractivity contribution in [2.75, 3.05) is 6.54 Å². The van der Waals surface area contributed by atoms with Crippen molar-refractivity contribution in [3.05, 3.63) is 35.9 Å². The number of rotatable bonds is 4. The van der Waals surface area contributed by atoms with Crippen molar-refractivity contribution >= 4 is 6.09 Å². The minimum absolute atomic E-state index is 0.0468. The number of benzene rings is 1. The normalized spacial score (nSPS) is 12.9. The molecular weight excluding hydrogens is 251 g/mol. The molecule has 0 radical (unpaired) electrons. The van der Waals surface area contributed by atoms with E-state index in [1.54, 1.807) is 30.3 Å². The second-order valence-electron chi connectivity index (χ2n) is 3.50. The largest absolute Gasteiger partial charge is 0.445 e. The molecule has 0 aliphatic carbocycles. The fourth-order valence-electron chi connectivity index (χ4n) is 1.07. The Bertz CT molecular complexity index is 381. The SMILES string of the molecule is O=C(NC[C@H](O)C(F)(F)F)OCc1ccccc1. The number of nitrogens with one attached hydrogen (secondary N) is 1. The Morgan fingerprint density at radius 3 is 2.50 bits per heavy atom. The molecule has 1 aromatic rings. The molecule has 0 aliphatic rings. The molecule has 0 heterocycles. The lowest BCUT2D eigenvalue weighted by Gasteiger charge is -2.14. The molecule has 1 atom stereocenters. The minimum Gasteiger partial charge on any atom is -0.445 e. The average molecular weight is 263 g/mol. The van der Waals surface area contributed by atoms with Crippen LogP contribution in [-0.4, -0.2) is 30.0 Å². The summed E-state index contributed by atoms with van der Waals surface area (Å²) in [5, 5.41) is 10.5. The number of aliphatic hydroxyl groups is 1. The summed E-state index contributed by atoms with van der Waals surface area (Å²) in [5.41, 5.74) is 0.712. The van der Waals surface area contributed by atoms with Gasteiger partial charge in [0.05, 0.1) is 6.54 Å². The van der Waals surface area contributed by atoms with Crippen molar-refractivity contribution in [1.29, 1.82) is 0 Å². The highest BCUT2D eigenvalue weighted by atomic mass is 19.4. The van der Waals surface area contributed by atoms with Crippen molar-refractivity contribution in [3.8, 4) is 0 Å². The number of alkyl halides is 3. The molecule has 0 fully saturated rings. The van der Waals surface area contributed by atoms with Gasteiger partial charge in [0, 0.05) is 0 Å². The van der Waals surface area contributed by atoms with Gasteiger partial charge in [0.25, 0.3) is 0 Å². The molecule has 0 aliphatic heterocycles. The van der Waals surface area contributed by atoms with Gasteiger partial charge in [-0.25, -0.2) is 4.79 Å². The summed E-state index contributed by atoms with van der Waals surface area (Å²) in [5.74, 6) is 0. The third kappa shape index (κ3) is 5.05. The quantitative estimate of drug-likeness (QED) is 0.871. The third-order valence-electron chi connectivity index (χ3n) is 2.03. The van der Waals surface area contributed by atoms with Crippen LogP contribution in [0.15, 0.2) is 30.3 Å². The van der Waals surface area contributed by atoms with Crippen molar-refractivity contribution in [3.63, 3.8) is 0 Å². The second kappa shape index (κ2) is 6.25. The van der Waals surface area contributed by atoms with E-state index in [-0.39, 0.29) is 6.61 Å². The van der Waals surface area contributed by atoms with Crippen LogP contribution in [0.4, 0.5) is 18.0 Å². The van der Waals surface area contributed by atoms with E-state index in [1.165, 1.54) is 0 Å². The molecule has 0 spiro atoms. The third-order valence-corrected chi connectivity index (χ3v) is 2.03. The molecule has 0 saturated heterocycles. The zero-order valence-corrected chi connectivity index (χ0v) is 9.28. The summed E-state index contributed by atoms with van der Waals surface area (Å²) < 4.78 is 40.4. The maximum absolute atomic E-state index is 11.9. The summed E-state index contributed by atoms with van der Waals surface area (Å²) in [6.07, 6.45) is -8.36. The van der Waals surface area contributed by atoms with Crippen LogP contribution in [-0.2, 0) is 11.3 Å². The number of alkyl carbamates (subject to hydrolysis) is 1. The summed E-state index contributed by atoms with van der Waals surface area (Å²) in [4.78, 5) is 11.0. The number of amides is 1. The Hall–Kier alpha value is -1.76. The number of carbonyl (C=O) groups is 1. The molecule has 1 rings (SSSR count). The minimum atomic E-state index is -4.76. The second-order valence-corrected chi connectivity index (χ2v) is 3.50. The molecule has 18 heavy (non-hydrogen) atoms. The van der Waals surface area contributed by atoms with Gasteiger partial charge >= 0.3 is 12.3 Å². The summed E-state index contributed by atoms with van der Waals surface area (Å²) in [6, 6.07) is 8.67. The molecule has 0 unspecified atom stereocenters. The van der Waals surface area contributed by atoms with Gasteiger partial charge in [0.2, 0.25) is 0 Å². The Balaban J connectivity index is 2.27. The van der Waals surface area contributed by atoms with E-state index in [2.05, 4.69) is 4.74 Å². The highest BCUT2D eigenvalue weighted by molar-refractivity contribution is 5.67. The Morgan fingerprint density at radius 2 is 1.94 bits per heavy atom. The van der Waals surface area contributed by atoms with Crippen molar-refractivity contribution in [2.24, 2.45) is 0 Å². The molecule has 4 nitrogen and oxygen atoms in total. The first-order valence-electron chi connectivity index (χ1n) is 5.09. The van der Waals surface area contributed by atoms with Crippen LogP contribution in [0, 0.1) is 0 Å². The average Bonchev–Trinajstić information content (AvgIpc) is 2.33. The molecule has 7 heteroatoms. The van der Waals surface area contributed by atoms with Gasteiger partial charge < -0.3 is 15.2 Å². The number of ether oxygens (including phenoxy) is 1. The topological polar surface area (TPSA) is 58.6 Å². The van der Waals surface area contributed by atoms with E-state index in [0.717, 1.165) is 0 Å². The van der Waals surface area contributed by atoms with Gasteiger partial charge in [-0.2, -0.15) is 13.2 Å². The smallest absolute Gasteiger partial charge is 0.416 e. The van der Waals surface area contributed by atoms with E-state index >= 15 is 0 Å². The Labute approximate surface area is 101 Å². The van der Waals surface area contributed by atoms with E-state index in [9.17, 15) is 18.0 Å². The Kier molecular flexibility index (Phi) is 4.96. The lowest BCUT2D eigenvalue weighted by Crippen LogP contribution is -2.40. The van der Waals surface area contributed by atoms with E-state index in [4.69, 9.17) is 5.11 Å². The van der Waals surface area contributed by atoms with Crippen LogP contribution in [0.5, 0.6) is 0 Å². The number of halogens is 3. The molecule has 1 aromatic carbocycles. The van der Waals surface area contributed by atoms with Gasteiger partial charge in [-0.1, -0.05) is 30.3 Å². The number of hydrogen-bond donors (Lipinski definition) is 2. The zero-order chi connectivity index (χ0) is 13.6. The van der Waals surface area contributed by atoms with Crippen molar-refractivity contribution < 1.29 is 27.8 Å². The van der Waals surface area contributed by atoms with Crippen molar-refractivity contribution in [2.45, 2.75) is 18.9 Å². The van der Waals surface area contributed by atoms with Crippen LogP contribution < -0.4 is 5.32 Å². The standard InChI is InChI=1S/C11H12F3NO3/c12-11(13,14)9(16)6-15-10(17)18-7-8-4-2-1-3-5-8/h1-5,9,16H,6-7H2,(H,15,17)/t9-/m0/s1. The summed E-state index contributed by atoms with van der Waals surface area (Å²) >= 11 is 0. The molecular formula is C11H12F3NO3. The summed E-state index contributed by atoms with van der Waals surface area (Å²) in [7, 11) is 0. The van der Waals surface area contributed by atoms with Crippen LogP contribution in [0.25, 0.3) is 0 Å². The predicted molar refractivity (Wildman–Crippen MR) is 56.7 cm³/mol. The number of hydrogen-bond acceptors (Lipinski definition) is 3. The first-order chi connectivity index (χ1) is 8.39. The molecule has 0 saturated carbocycles. The zero-order valence-electron chi connectivity index (χ0n) is 9.28. The monoisotopic (exact) mass is 263 g/mol. The van der Waals surface area contributed by atoms with Crippen molar-refractivity contribution in [1.82, 2.24) is 5.32 Å². The first kappa shape index (κ1) is 14.3. The predicted octanol–water partition coefficient (Wildman–Crippen LogP) is 1.84. The maximum Gasteiger partial charge on any atom is 0.416 e.